The molecule has 0 aliphatic carbocycles. The first-order chi connectivity index (χ1) is 9.79. The van der Waals surface area contributed by atoms with Gasteiger partial charge in [-0.3, -0.25) is 4.79 Å². The largest absolute Gasteiger partial charge is 0.477 e. The first-order valence-corrected chi connectivity index (χ1v) is 6.35. The number of pyridine rings is 1. The van der Waals surface area contributed by atoms with E-state index in [1.54, 1.807) is 0 Å². The summed E-state index contributed by atoms with van der Waals surface area (Å²) in [4.78, 5) is 37.4. The van der Waals surface area contributed by atoms with Gasteiger partial charge in [0, 0.05) is 0 Å². The Bertz CT molecular complexity index is 527. The molecule has 0 aromatic carbocycles. The van der Waals surface area contributed by atoms with Crippen LogP contribution in [-0.4, -0.2) is 34.0 Å². The molecule has 21 heavy (non-hydrogen) atoms. The van der Waals surface area contributed by atoms with Gasteiger partial charge in [-0.15, -0.1) is 0 Å². The molecule has 0 saturated heterocycles. The summed E-state index contributed by atoms with van der Waals surface area (Å²) in [6.07, 6.45) is 1.66. The minimum absolute atomic E-state index is 0.123. The maximum Gasteiger partial charge on any atom is 0.354 e. The van der Waals surface area contributed by atoms with E-state index >= 15 is 0 Å². The number of carbonyl (C=O) groups excluding carboxylic acids is 2. The lowest BCUT2D eigenvalue weighted by Gasteiger charge is -2.19. The highest BCUT2D eigenvalue weighted by molar-refractivity contribution is 5.97. The number of hydrogen-bond donors (Lipinski definition) is 4. The number of hydrogen-bond acceptors (Lipinski definition) is 4. The fraction of sp³-hybridized carbons (Fsp3) is 0.385. The van der Waals surface area contributed by atoms with Crippen molar-refractivity contribution in [3.8, 4) is 0 Å². The molecule has 1 aromatic heterocycles. The van der Waals surface area contributed by atoms with Crippen molar-refractivity contribution in [2.24, 2.45) is 11.7 Å². The number of nitrogens with two attached hydrogens (primary N) is 1. The van der Waals surface area contributed by atoms with Gasteiger partial charge in [0.25, 0.3) is 0 Å². The highest BCUT2D eigenvalue weighted by atomic mass is 16.4. The van der Waals surface area contributed by atoms with Crippen LogP contribution in [0.5, 0.6) is 0 Å². The van der Waals surface area contributed by atoms with Crippen molar-refractivity contribution in [3.63, 3.8) is 0 Å². The van der Waals surface area contributed by atoms with E-state index in [1.807, 2.05) is 13.8 Å². The second-order valence-electron chi connectivity index (χ2n) is 4.92. The summed E-state index contributed by atoms with van der Waals surface area (Å²) in [5.74, 6) is -1.41. The molecule has 1 aromatic rings. The summed E-state index contributed by atoms with van der Waals surface area (Å²) in [7, 11) is 0. The van der Waals surface area contributed by atoms with Gasteiger partial charge in [-0.05, 0) is 24.5 Å². The summed E-state index contributed by atoms with van der Waals surface area (Å²) in [5, 5.41) is 13.7. The van der Waals surface area contributed by atoms with Gasteiger partial charge in [0.2, 0.25) is 5.91 Å². The fourth-order valence-corrected chi connectivity index (χ4v) is 1.70. The molecule has 0 spiro atoms. The number of carboxylic acids is 1. The third-order valence-corrected chi connectivity index (χ3v) is 2.59. The van der Waals surface area contributed by atoms with Gasteiger partial charge in [-0.2, -0.15) is 0 Å². The maximum atomic E-state index is 12.1. The summed E-state index contributed by atoms with van der Waals surface area (Å²) >= 11 is 0. The van der Waals surface area contributed by atoms with Crippen molar-refractivity contribution < 1.29 is 19.5 Å². The van der Waals surface area contributed by atoms with E-state index in [-0.39, 0.29) is 11.6 Å². The molecule has 114 valence electrons. The molecule has 1 atom stereocenters. The second-order valence-corrected chi connectivity index (χ2v) is 4.92. The zero-order valence-electron chi connectivity index (χ0n) is 11.8. The number of amides is 3. The Labute approximate surface area is 121 Å². The van der Waals surface area contributed by atoms with E-state index in [4.69, 9.17) is 10.8 Å². The van der Waals surface area contributed by atoms with E-state index in [1.165, 1.54) is 18.3 Å². The average molecular weight is 294 g/mol. The van der Waals surface area contributed by atoms with Gasteiger partial charge < -0.3 is 21.5 Å². The molecule has 0 aliphatic heterocycles. The Morgan fingerprint density at radius 1 is 1.33 bits per heavy atom. The van der Waals surface area contributed by atoms with Crippen molar-refractivity contribution in [2.75, 3.05) is 5.32 Å². The predicted molar refractivity (Wildman–Crippen MR) is 75.8 cm³/mol. The normalized spacial score (nSPS) is 11.8. The second kappa shape index (κ2) is 7.22. The Kier molecular flexibility index (Phi) is 5.65. The number of aromatic nitrogens is 1. The van der Waals surface area contributed by atoms with Crippen LogP contribution in [0, 0.1) is 5.92 Å². The maximum absolute atomic E-state index is 12.1. The summed E-state index contributed by atoms with van der Waals surface area (Å²) in [5.41, 5.74) is 5.26. The number of nitrogens with one attached hydrogen (secondary N) is 2. The van der Waals surface area contributed by atoms with Crippen LogP contribution in [0.4, 0.5) is 10.5 Å². The van der Waals surface area contributed by atoms with Crippen LogP contribution in [0.1, 0.15) is 30.8 Å². The van der Waals surface area contributed by atoms with Crippen LogP contribution in [-0.2, 0) is 4.79 Å². The minimum atomic E-state index is -1.15. The van der Waals surface area contributed by atoms with Gasteiger partial charge in [-0.25, -0.2) is 14.6 Å². The van der Waals surface area contributed by atoms with E-state index in [0.29, 0.717) is 12.1 Å². The first-order valence-electron chi connectivity index (χ1n) is 6.35. The molecule has 1 heterocycles. The van der Waals surface area contributed by atoms with Crippen LogP contribution in [0.15, 0.2) is 18.3 Å². The van der Waals surface area contributed by atoms with Crippen LogP contribution in [0.25, 0.3) is 0 Å². The van der Waals surface area contributed by atoms with Crippen molar-refractivity contribution in [1.82, 2.24) is 10.3 Å². The number of urea groups is 1. The molecule has 0 aliphatic rings. The number of nitrogens with zero attached hydrogens (tertiary/aromatic N) is 1. The van der Waals surface area contributed by atoms with E-state index in [0.717, 1.165) is 0 Å². The number of anilines is 1. The molecular formula is C13H18N4O4. The lowest BCUT2D eigenvalue weighted by molar-refractivity contribution is -0.118. The highest BCUT2D eigenvalue weighted by Crippen LogP contribution is 2.10. The molecule has 5 N–H and O–H groups in total. The average Bonchev–Trinajstić information content (AvgIpc) is 2.37. The summed E-state index contributed by atoms with van der Waals surface area (Å²) in [6.45, 7) is 3.82. The molecule has 8 nitrogen and oxygen atoms in total. The highest BCUT2D eigenvalue weighted by Gasteiger charge is 2.21. The molecule has 1 unspecified atom stereocenters. The standard InChI is InChI=1S/C13H18N4O4/c1-7(2)5-10(17-13(14)21)11(18)16-8-3-4-9(12(19)20)15-6-8/h3-4,6-7,10H,5H2,1-2H3,(H,16,18)(H,19,20)(H3,14,17,21). The van der Waals surface area contributed by atoms with Gasteiger partial charge >= 0.3 is 12.0 Å². The number of carbonyl (C=O) groups is 3. The summed E-state index contributed by atoms with van der Waals surface area (Å²) < 4.78 is 0. The molecule has 0 bridgehead atoms. The van der Waals surface area contributed by atoms with Gasteiger partial charge in [-0.1, -0.05) is 13.8 Å². The number of carboxylic acid groups (broad SMARTS) is 1. The quantitative estimate of drug-likeness (QED) is 0.615. The zero-order valence-corrected chi connectivity index (χ0v) is 11.8. The van der Waals surface area contributed by atoms with Crippen LogP contribution >= 0.6 is 0 Å². The minimum Gasteiger partial charge on any atom is -0.477 e. The molecular weight excluding hydrogens is 276 g/mol. The molecule has 8 heteroatoms. The van der Waals surface area contributed by atoms with Gasteiger partial charge in [0.15, 0.2) is 0 Å². The lowest BCUT2D eigenvalue weighted by atomic mass is 10.0. The van der Waals surface area contributed by atoms with Crippen LogP contribution in [0.3, 0.4) is 0 Å². The molecule has 0 fully saturated rings. The number of rotatable bonds is 6. The number of aromatic carboxylic acids is 1. The smallest absolute Gasteiger partial charge is 0.354 e. The van der Waals surface area contributed by atoms with Crippen molar-refractivity contribution in [1.29, 1.82) is 0 Å². The number of primary amides is 1. The first kappa shape index (κ1) is 16.4. The van der Waals surface area contributed by atoms with Crippen molar-refractivity contribution >= 4 is 23.6 Å². The topological polar surface area (TPSA) is 134 Å². The SMILES string of the molecule is CC(C)CC(NC(N)=O)C(=O)Nc1ccc(C(=O)O)nc1. The van der Waals surface area contributed by atoms with E-state index in [9.17, 15) is 14.4 Å². The zero-order chi connectivity index (χ0) is 16.0. The van der Waals surface area contributed by atoms with Crippen LogP contribution < -0.4 is 16.4 Å². The fourth-order valence-electron chi connectivity index (χ4n) is 1.70. The van der Waals surface area contributed by atoms with Gasteiger partial charge in [0.1, 0.15) is 11.7 Å². The third-order valence-electron chi connectivity index (χ3n) is 2.59. The predicted octanol–water partition coefficient (Wildman–Crippen LogP) is 0.801. The Hall–Kier alpha value is -2.64. The molecule has 3 amide bonds. The Morgan fingerprint density at radius 3 is 2.43 bits per heavy atom. The van der Waals surface area contributed by atoms with E-state index in [2.05, 4.69) is 15.6 Å². The van der Waals surface area contributed by atoms with Crippen molar-refractivity contribution in [2.45, 2.75) is 26.3 Å². The lowest BCUT2D eigenvalue weighted by Crippen LogP contribution is -2.46. The summed E-state index contributed by atoms with van der Waals surface area (Å²) in [6, 6.07) is 1.15. The van der Waals surface area contributed by atoms with E-state index < -0.39 is 23.9 Å². The van der Waals surface area contributed by atoms with Crippen molar-refractivity contribution in [3.05, 3.63) is 24.0 Å². The Morgan fingerprint density at radius 2 is 2.00 bits per heavy atom. The Balaban J connectivity index is 2.75. The molecule has 0 saturated carbocycles. The molecule has 1 rings (SSSR count). The molecule has 0 radical (unpaired) electrons. The third kappa shape index (κ3) is 5.47. The van der Waals surface area contributed by atoms with Gasteiger partial charge in [0.05, 0.1) is 11.9 Å². The van der Waals surface area contributed by atoms with Crippen LogP contribution in [0.2, 0.25) is 0 Å². The monoisotopic (exact) mass is 294 g/mol.